The molecule has 1 aromatic heterocycles. The molecule has 2 aromatic rings. The molecule has 1 atom stereocenters. The van der Waals surface area contributed by atoms with E-state index in [0.717, 1.165) is 12.1 Å². The van der Waals surface area contributed by atoms with E-state index in [4.69, 9.17) is 5.11 Å². The Morgan fingerprint density at radius 2 is 1.92 bits per heavy atom. The summed E-state index contributed by atoms with van der Waals surface area (Å²) in [4.78, 5) is 23.2. The largest absolute Gasteiger partial charge is 0.573 e. The molecular weight excluding hydrogens is 343 g/mol. The van der Waals surface area contributed by atoms with Gasteiger partial charge in [0.1, 0.15) is 11.4 Å². The summed E-state index contributed by atoms with van der Waals surface area (Å²) in [6.45, 7) is 0. The van der Waals surface area contributed by atoms with E-state index in [1.165, 1.54) is 29.1 Å². The van der Waals surface area contributed by atoms with Crippen molar-refractivity contribution in [3.8, 4) is 5.75 Å². The Bertz CT molecular complexity index is 756. The van der Waals surface area contributed by atoms with E-state index in [1.54, 1.807) is 7.05 Å². The molecule has 25 heavy (non-hydrogen) atoms. The SMILES string of the molecule is Cn1nccc1C(=O)NC(CC(=O)O)c1ccc(OC(F)(F)F)cc1. The Labute approximate surface area is 140 Å². The van der Waals surface area contributed by atoms with Crippen LogP contribution in [0.2, 0.25) is 0 Å². The van der Waals surface area contributed by atoms with E-state index in [0.29, 0.717) is 5.56 Å². The van der Waals surface area contributed by atoms with Crippen molar-refractivity contribution in [1.29, 1.82) is 0 Å². The van der Waals surface area contributed by atoms with Gasteiger partial charge in [0.05, 0.1) is 12.5 Å². The second-order valence-corrected chi connectivity index (χ2v) is 5.08. The molecule has 0 aliphatic heterocycles. The van der Waals surface area contributed by atoms with Crippen LogP contribution in [0.4, 0.5) is 13.2 Å². The minimum atomic E-state index is -4.82. The Hall–Kier alpha value is -3.04. The average molecular weight is 357 g/mol. The van der Waals surface area contributed by atoms with E-state index in [9.17, 15) is 22.8 Å². The van der Waals surface area contributed by atoms with Crippen LogP contribution in [0.15, 0.2) is 36.5 Å². The molecule has 1 aromatic carbocycles. The lowest BCUT2D eigenvalue weighted by molar-refractivity contribution is -0.274. The standard InChI is InChI=1S/C15H14F3N3O4/c1-21-12(6-7-19-21)14(24)20-11(8-13(22)23)9-2-4-10(5-3-9)25-15(16,17)18/h2-7,11H,8H2,1H3,(H,20,24)(H,22,23). The number of amides is 1. The summed E-state index contributed by atoms with van der Waals surface area (Å²) >= 11 is 0. The second-order valence-electron chi connectivity index (χ2n) is 5.08. The molecule has 2 N–H and O–H groups in total. The predicted octanol–water partition coefficient (Wildman–Crippen LogP) is 2.26. The van der Waals surface area contributed by atoms with E-state index in [2.05, 4.69) is 15.2 Å². The number of carboxylic acids is 1. The molecule has 0 aliphatic carbocycles. The minimum Gasteiger partial charge on any atom is -0.481 e. The number of nitrogens with zero attached hydrogens (tertiary/aromatic N) is 2. The average Bonchev–Trinajstić information content (AvgIpc) is 2.91. The fourth-order valence-corrected chi connectivity index (χ4v) is 2.16. The van der Waals surface area contributed by atoms with Crippen molar-refractivity contribution < 1.29 is 32.6 Å². The molecule has 0 saturated carbocycles. The van der Waals surface area contributed by atoms with Gasteiger partial charge in [-0.1, -0.05) is 12.1 Å². The molecular formula is C15H14F3N3O4. The molecule has 10 heteroatoms. The van der Waals surface area contributed by atoms with Crippen molar-refractivity contribution >= 4 is 11.9 Å². The van der Waals surface area contributed by atoms with Crippen LogP contribution in [0.1, 0.15) is 28.5 Å². The predicted molar refractivity (Wildman–Crippen MR) is 78.8 cm³/mol. The molecule has 0 aliphatic rings. The van der Waals surface area contributed by atoms with Crippen molar-refractivity contribution in [3.05, 3.63) is 47.8 Å². The maximum absolute atomic E-state index is 12.2. The van der Waals surface area contributed by atoms with Crippen LogP contribution in [0, 0.1) is 0 Å². The molecule has 1 heterocycles. The normalized spacial score (nSPS) is 12.5. The van der Waals surface area contributed by atoms with Crippen molar-refractivity contribution in [2.45, 2.75) is 18.8 Å². The number of carboxylic acid groups (broad SMARTS) is 1. The number of hydrogen-bond donors (Lipinski definition) is 2. The quantitative estimate of drug-likeness (QED) is 0.827. The number of nitrogens with one attached hydrogen (secondary N) is 1. The van der Waals surface area contributed by atoms with E-state index < -0.39 is 36.5 Å². The summed E-state index contributed by atoms with van der Waals surface area (Å²) in [7, 11) is 1.55. The number of aromatic nitrogens is 2. The van der Waals surface area contributed by atoms with Gasteiger partial charge in [0.2, 0.25) is 0 Å². The van der Waals surface area contributed by atoms with Gasteiger partial charge in [-0.2, -0.15) is 5.10 Å². The van der Waals surface area contributed by atoms with Crippen LogP contribution in [0.25, 0.3) is 0 Å². The van der Waals surface area contributed by atoms with Crippen LogP contribution in [0.3, 0.4) is 0 Å². The van der Waals surface area contributed by atoms with Gasteiger partial charge in [-0.05, 0) is 23.8 Å². The van der Waals surface area contributed by atoms with Crippen molar-refractivity contribution in [2.75, 3.05) is 0 Å². The van der Waals surface area contributed by atoms with Crippen LogP contribution in [0.5, 0.6) is 5.75 Å². The summed E-state index contributed by atoms with van der Waals surface area (Å²) in [6.07, 6.45) is -3.86. The molecule has 0 bridgehead atoms. The van der Waals surface area contributed by atoms with Gasteiger partial charge in [-0.15, -0.1) is 13.2 Å². The van der Waals surface area contributed by atoms with Gasteiger partial charge < -0.3 is 15.2 Å². The first kappa shape index (κ1) is 18.3. The van der Waals surface area contributed by atoms with Crippen LogP contribution in [-0.4, -0.2) is 33.1 Å². The molecule has 7 nitrogen and oxygen atoms in total. The zero-order chi connectivity index (χ0) is 18.6. The lowest BCUT2D eigenvalue weighted by atomic mass is 10.0. The van der Waals surface area contributed by atoms with Gasteiger partial charge in [0.25, 0.3) is 5.91 Å². The van der Waals surface area contributed by atoms with Gasteiger partial charge in [0.15, 0.2) is 0 Å². The zero-order valence-corrected chi connectivity index (χ0v) is 12.9. The summed E-state index contributed by atoms with van der Waals surface area (Å²) < 4.78 is 41.6. The molecule has 1 amide bonds. The van der Waals surface area contributed by atoms with Gasteiger partial charge in [-0.3, -0.25) is 14.3 Å². The topological polar surface area (TPSA) is 93.5 Å². The number of hydrogen-bond acceptors (Lipinski definition) is 4. The lowest BCUT2D eigenvalue weighted by Gasteiger charge is -2.18. The molecule has 0 fully saturated rings. The van der Waals surface area contributed by atoms with Gasteiger partial charge in [0, 0.05) is 13.2 Å². The third kappa shape index (κ3) is 5.23. The molecule has 2 rings (SSSR count). The lowest BCUT2D eigenvalue weighted by Crippen LogP contribution is -2.31. The number of carbonyl (C=O) groups excluding carboxylic acids is 1. The summed E-state index contributed by atoms with van der Waals surface area (Å²) in [5, 5.41) is 15.4. The molecule has 1 unspecified atom stereocenters. The second kappa shape index (κ2) is 7.24. The third-order valence-corrected chi connectivity index (χ3v) is 3.25. The van der Waals surface area contributed by atoms with Gasteiger partial charge >= 0.3 is 12.3 Å². The van der Waals surface area contributed by atoms with Crippen molar-refractivity contribution in [3.63, 3.8) is 0 Å². The van der Waals surface area contributed by atoms with Crippen molar-refractivity contribution in [2.24, 2.45) is 7.05 Å². The number of benzene rings is 1. The number of ether oxygens (including phenoxy) is 1. The molecule has 0 spiro atoms. The maximum Gasteiger partial charge on any atom is 0.573 e. The van der Waals surface area contributed by atoms with Crippen LogP contribution < -0.4 is 10.1 Å². The Balaban J connectivity index is 2.18. The minimum absolute atomic E-state index is 0.215. The highest BCUT2D eigenvalue weighted by molar-refractivity contribution is 5.93. The Kier molecular flexibility index (Phi) is 5.30. The zero-order valence-electron chi connectivity index (χ0n) is 12.9. The first-order valence-electron chi connectivity index (χ1n) is 7.02. The maximum atomic E-state index is 12.2. The summed E-state index contributed by atoms with van der Waals surface area (Å²) in [5.74, 6) is -2.17. The highest BCUT2D eigenvalue weighted by Gasteiger charge is 2.31. The number of alkyl halides is 3. The number of carbonyl (C=O) groups is 2. The van der Waals surface area contributed by atoms with Crippen LogP contribution >= 0.6 is 0 Å². The van der Waals surface area contributed by atoms with E-state index >= 15 is 0 Å². The number of aliphatic carboxylic acids is 1. The fourth-order valence-electron chi connectivity index (χ4n) is 2.16. The first-order chi connectivity index (χ1) is 11.7. The van der Waals surface area contributed by atoms with Crippen molar-refractivity contribution in [1.82, 2.24) is 15.1 Å². The summed E-state index contributed by atoms with van der Waals surface area (Å²) in [6, 6.07) is 5.14. The van der Waals surface area contributed by atoms with E-state index in [1.807, 2.05) is 0 Å². The first-order valence-corrected chi connectivity index (χ1v) is 7.02. The molecule has 134 valence electrons. The third-order valence-electron chi connectivity index (χ3n) is 3.25. The number of aryl methyl sites for hydroxylation is 1. The monoisotopic (exact) mass is 357 g/mol. The smallest absolute Gasteiger partial charge is 0.481 e. The fraction of sp³-hybridized carbons (Fsp3) is 0.267. The molecule has 0 saturated heterocycles. The highest BCUT2D eigenvalue weighted by Crippen LogP contribution is 2.25. The van der Waals surface area contributed by atoms with E-state index in [-0.39, 0.29) is 5.69 Å². The number of halogens is 3. The van der Waals surface area contributed by atoms with Gasteiger partial charge in [-0.25, -0.2) is 0 Å². The highest BCUT2D eigenvalue weighted by atomic mass is 19.4. The van der Waals surface area contributed by atoms with Crippen LogP contribution in [-0.2, 0) is 11.8 Å². The number of rotatable bonds is 6. The summed E-state index contributed by atoms with van der Waals surface area (Å²) in [5.41, 5.74) is 0.542. The molecule has 0 radical (unpaired) electrons. The Morgan fingerprint density at radius 3 is 2.40 bits per heavy atom. The Morgan fingerprint density at radius 1 is 1.28 bits per heavy atom.